The number of fused-ring (bicyclic) bond motifs is 6. The standard InChI is InChI=1S/C71H32F24N4/c1-33-3-12-42(52(21-33)67(81,82)83)35-5-16-49-50-17-8-38(45-20-11-41(66(78,79)80)29-56(45)71(93,94)95)26-61(50)99(60(49)25-35)63-30-51(46-13-4-34(32-96)22-53(46)68(84,85)86)62(31-57(63)97-2)98-58-23-36(43-18-9-39(64(72,73)74)27-54(43)69(87,88)89)6-14-47(58)48-15-7-37(24-59(48)98)44-19-10-40(65(75,76)77)28-55(44)70(90,91)92/h3-31H,1H3. The number of nitriles is 1. The molecule has 0 saturated carbocycles. The highest BCUT2D eigenvalue weighted by Gasteiger charge is 2.43. The molecule has 12 aromatic rings. The lowest BCUT2D eigenvalue weighted by Crippen LogP contribution is -2.12. The molecular formula is C71H32F24N4. The molecular weight excluding hydrogens is 1360 g/mol. The number of hydrogen-bond donors (Lipinski definition) is 0. The third kappa shape index (κ3) is 12.3. The summed E-state index contributed by atoms with van der Waals surface area (Å²) in [6.07, 6.45) is -43.3. The van der Waals surface area contributed by atoms with Crippen LogP contribution in [0.2, 0.25) is 0 Å². The molecule has 0 aliphatic rings. The summed E-state index contributed by atoms with van der Waals surface area (Å²) in [4.78, 5) is 3.68. The molecule has 2 heterocycles. The van der Waals surface area contributed by atoms with Crippen LogP contribution < -0.4 is 0 Å². The molecule has 0 unspecified atom stereocenters. The van der Waals surface area contributed by atoms with Crippen molar-refractivity contribution in [2.75, 3.05) is 0 Å². The maximum absolute atomic E-state index is 16.0. The normalized spacial score (nSPS) is 13.1. The molecule has 0 spiro atoms. The molecule has 0 saturated heterocycles. The van der Waals surface area contributed by atoms with Gasteiger partial charge in [-0.3, -0.25) is 0 Å². The van der Waals surface area contributed by atoms with Crippen molar-refractivity contribution in [3.63, 3.8) is 0 Å². The minimum Gasteiger partial charge on any atom is -0.319 e. The van der Waals surface area contributed by atoms with Gasteiger partial charge in [-0.05, 0) is 148 Å². The van der Waals surface area contributed by atoms with E-state index in [1.807, 2.05) is 0 Å². The predicted octanol–water partition coefficient (Wildman–Crippen LogP) is 25.1. The van der Waals surface area contributed by atoms with Crippen LogP contribution in [-0.2, 0) is 49.4 Å². The minimum absolute atomic E-state index is 0.00853. The molecule has 2 aromatic heterocycles. The van der Waals surface area contributed by atoms with Crippen LogP contribution in [0.3, 0.4) is 0 Å². The third-order valence-electron chi connectivity index (χ3n) is 16.7. The second-order valence-electron chi connectivity index (χ2n) is 22.8. The van der Waals surface area contributed by atoms with Gasteiger partial charge in [-0.25, -0.2) is 4.85 Å². The molecule has 0 amide bonds. The molecule has 4 nitrogen and oxygen atoms in total. The first-order chi connectivity index (χ1) is 45.9. The smallest absolute Gasteiger partial charge is 0.319 e. The summed E-state index contributed by atoms with van der Waals surface area (Å²) in [6, 6.07) is 22.5. The fraction of sp³-hybridized carbons (Fsp3) is 0.127. The Balaban J connectivity index is 1.27. The predicted molar refractivity (Wildman–Crippen MR) is 318 cm³/mol. The second-order valence-corrected chi connectivity index (χ2v) is 22.8. The molecule has 504 valence electrons. The summed E-state index contributed by atoms with van der Waals surface area (Å²) in [7, 11) is 0. The average molecular weight is 1400 g/mol. The first-order valence-electron chi connectivity index (χ1n) is 28.3. The lowest BCUT2D eigenvalue weighted by Gasteiger charge is -2.22. The van der Waals surface area contributed by atoms with E-state index in [0.717, 1.165) is 106 Å². The number of aryl methyl sites for hydroxylation is 1. The van der Waals surface area contributed by atoms with Crippen LogP contribution in [0, 0.1) is 24.8 Å². The van der Waals surface area contributed by atoms with Crippen LogP contribution in [-0.4, -0.2) is 9.13 Å². The van der Waals surface area contributed by atoms with Gasteiger partial charge in [0.15, 0.2) is 0 Å². The van der Waals surface area contributed by atoms with Gasteiger partial charge in [-0.1, -0.05) is 90.5 Å². The van der Waals surface area contributed by atoms with Gasteiger partial charge in [0.25, 0.3) is 0 Å². The Bertz CT molecular complexity index is 5280. The summed E-state index contributed by atoms with van der Waals surface area (Å²) in [5, 5.41) is 9.61. The number of halogens is 24. The van der Waals surface area contributed by atoms with Gasteiger partial charge in [0.05, 0.1) is 90.5 Å². The molecule has 0 atom stereocenters. The van der Waals surface area contributed by atoms with Crippen molar-refractivity contribution in [3.05, 3.63) is 243 Å². The number of hydrogen-bond acceptors (Lipinski definition) is 1. The van der Waals surface area contributed by atoms with Crippen molar-refractivity contribution in [2.24, 2.45) is 0 Å². The molecule has 0 bridgehead atoms. The molecule has 0 aliphatic heterocycles. The van der Waals surface area contributed by atoms with Crippen LogP contribution in [0.25, 0.3) is 115 Å². The number of benzene rings is 10. The van der Waals surface area contributed by atoms with Crippen molar-refractivity contribution in [3.8, 4) is 73.1 Å². The highest BCUT2D eigenvalue weighted by molar-refractivity contribution is 6.14. The van der Waals surface area contributed by atoms with Gasteiger partial charge in [0, 0.05) is 32.8 Å². The monoisotopic (exact) mass is 1400 g/mol. The molecule has 12 rings (SSSR count). The van der Waals surface area contributed by atoms with Crippen LogP contribution in [0.5, 0.6) is 0 Å². The van der Waals surface area contributed by atoms with Gasteiger partial charge in [-0.2, -0.15) is 111 Å². The summed E-state index contributed by atoms with van der Waals surface area (Å²) in [6.45, 7) is 10.1. The highest BCUT2D eigenvalue weighted by Crippen LogP contribution is 2.52. The highest BCUT2D eigenvalue weighted by atomic mass is 19.4. The number of aromatic nitrogens is 2. The number of rotatable bonds is 7. The summed E-state index contributed by atoms with van der Waals surface area (Å²) in [5.74, 6) is 0. The van der Waals surface area contributed by atoms with E-state index >= 15 is 39.5 Å². The topological polar surface area (TPSA) is 38.0 Å². The Morgan fingerprint density at radius 1 is 0.303 bits per heavy atom. The fourth-order valence-corrected chi connectivity index (χ4v) is 12.3. The summed E-state index contributed by atoms with van der Waals surface area (Å²) in [5.41, 5.74) is -24.9. The van der Waals surface area contributed by atoms with Crippen LogP contribution in [0.15, 0.2) is 176 Å². The van der Waals surface area contributed by atoms with E-state index in [-0.39, 0.29) is 74.0 Å². The zero-order valence-corrected chi connectivity index (χ0v) is 49.1. The Morgan fingerprint density at radius 3 is 0.919 bits per heavy atom. The molecule has 99 heavy (non-hydrogen) atoms. The first kappa shape index (κ1) is 68.1. The molecule has 0 radical (unpaired) electrons. The van der Waals surface area contributed by atoms with Crippen LogP contribution >= 0.6 is 0 Å². The SMILES string of the molecule is [C-]#[N+]c1cc(-n2c3cc(-c4ccc(C(F)(F)F)cc4C(F)(F)F)ccc3c3ccc(-c4ccc(C(F)(F)F)cc4C(F)(F)F)cc32)c(-c2ccc(C#N)cc2C(F)(F)F)cc1-n1c2cc(-c3ccc(C)cc3C(F)(F)F)ccc2c2ccc(-c3ccc(C(F)(F)F)cc3C(F)(F)F)cc21. The van der Waals surface area contributed by atoms with E-state index in [1.165, 1.54) is 25.1 Å². The minimum atomic E-state index is -5.57. The van der Waals surface area contributed by atoms with Crippen molar-refractivity contribution in [1.82, 2.24) is 9.13 Å². The molecule has 0 aliphatic carbocycles. The molecule has 0 N–H and O–H groups in total. The van der Waals surface area contributed by atoms with E-state index in [1.54, 1.807) is 6.07 Å². The average Bonchev–Trinajstić information content (AvgIpc) is 1.57. The zero-order valence-electron chi connectivity index (χ0n) is 49.1. The molecule has 28 heteroatoms. The van der Waals surface area contributed by atoms with E-state index < -0.39 is 178 Å². The maximum atomic E-state index is 16.0. The Hall–Kier alpha value is -10.9. The van der Waals surface area contributed by atoms with E-state index in [4.69, 9.17) is 6.57 Å². The van der Waals surface area contributed by atoms with Crippen LogP contribution in [0.1, 0.15) is 55.6 Å². The number of nitrogens with zero attached hydrogens (tertiary/aromatic N) is 4. The molecule has 10 aromatic carbocycles. The largest absolute Gasteiger partial charge is 0.417 e. The lowest BCUT2D eigenvalue weighted by atomic mass is 9.94. The molecule has 0 fully saturated rings. The van der Waals surface area contributed by atoms with Gasteiger partial charge >= 0.3 is 49.4 Å². The quantitative estimate of drug-likeness (QED) is 0.116. The maximum Gasteiger partial charge on any atom is 0.417 e. The Kier molecular flexibility index (Phi) is 15.9. The van der Waals surface area contributed by atoms with Gasteiger partial charge in [0.2, 0.25) is 5.69 Å². The summed E-state index contributed by atoms with van der Waals surface area (Å²) < 4.78 is 357. The third-order valence-corrected chi connectivity index (χ3v) is 16.7. The first-order valence-corrected chi connectivity index (χ1v) is 28.3. The summed E-state index contributed by atoms with van der Waals surface area (Å²) >= 11 is 0. The van der Waals surface area contributed by atoms with Crippen LogP contribution in [0.4, 0.5) is 111 Å². The Morgan fingerprint density at radius 2 is 0.606 bits per heavy atom. The van der Waals surface area contributed by atoms with E-state index in [9.17, 15) is 71.1 Å². The second kappa shape index (κ2) is 23.1. The van der Waals surface area contributed by atoms with Crippen molar-refractivity contribution >= 4 is 49.3 Å². The van der Waals surface area contributed by atoms with Crippen molar-refractivity contribution < 1.29 is 105 Å². The number of alkyl halides is 24. The van der Waals surface area contributed by atoms with Gasteiger partial charge in [-0.15, -0.1) is 0 Å². The lowest BCUT2D eigenvalue weighted by molar-refractivity contribution is -0.144. The van der Waals surface area contributed by atoms with Crippen molar-refractivity contribution in [2.45, 2.75) is 56.3 Å². The van der Waals surface area contributed by atoms with Gasteiger partial charge in [0.1, 0.15) is 0 Å². The van der Waals surface area contributed by atoms with Crippen molar-refractivity contribution in [1.29, 1.82) is 5.26 Å². The zero-order chi connectivity index (χ0) is 72.0. The van der Waals surface area contributed by atoms with E-state index in [2.05, 4.69) is 4.85 Å². The van der Waals surface area contributed by atoms with E-state index in [0.29, 0.717) is 30.3 Å². The fourth-order valence-electron chi connectivity index (χ4n) is 12.3. The Labute approximate surface area is 539 Å². The van der Waals surface area contributed by atoms with Gasteiger partial charge < -0.3 is 9.13 Å².